The van der Waals surface area contributed by atoms with Crippen LogP contribution in [0.25, 0.3) is 11.3 Å². The number of hydrogen-bond acceptors (Lipinski definition) is 6. The Labute approximate surface area is 161 Å². The van der Waals surface area contributed by atoms with Crippen LogP contribution in [0.2, 0.25) is 0 Å². The number of nitrogens with zero attached hydrogens (tertiary/aromatic N) is 5. The summed E-state index contributed by atoms with van der Waals surface area (Å²) in [5.41, 5.74) is 1.14. The number of imidazole rings is 1. The fourth-order valence-electron chi connectivity index (χ4n) is 3.01. The highest BCUT2D eigenvalue weighted by Crippen LogP contribution is 2.27. The molecule has 146 valence electrons. The summed E-state index contributed by atoms with van der Waals surface area (Å²) < 4.78 is 48.3. The van der Waals surface area contributed by atoms with Crippen LogP contribution in [-0.2, 0) is 21.8 Å². The fraction of sp³-hybridized carbons (Fsp3) is 0.278. The largest absolute Gasteiger partial charge is 0.369 e. The average Bonchev–Trinajstić information content (AvgIpc) is 3.16. The molecule has 2 aromatic heterocycles. The van der Waals surface area contributed by atoms with Gasteiger partial charge in [-0.25, -0.2) is 22.8 Å². The lowest BCUT2D eigenvalue weighted by Crippen LogP contribution is -2.42. The van der Waals surface area contributed by atoms with Crippen molar-refractivity contribution in [3.8, 4) is 11.3 Å². The van der Waals surface area contributed by atoms with Gasteiger partial charge in [0.25, 0.3) is 10.0 Å². The number of morpholine rings is 1. The Hall–Kier alpha value is -2.69. The second-order valence-electron chi connectivity index (χ2n) is 6.41. The third-order valence-corrected chi connectivity index (χ3v) is 6.20. The summed E-state index contributed by atoms with van der Waals surface area (Å²) in [6.07, 6.45) is 5.26. The third-order valence-electron chi connectivity index (χ3n) is 4.45. The van der Waals surface area contributed by atoms with Crippen LogP contribution in [0.3, 0.4) is 0 Å². The van der Waals surface area contributed by atoms with Crippen LogP contribution in [0, 0.1) is 5.82 Å². The molecule has 0 bridgehead atoms. The lowest BCUT2D eigenvalue weighted by Gasteiger charge is -2.31. The SMILES string of the molecule is Cn1cnc(S(=O)(=O)N2CCO[C@@H](c3cncc(-c4ccccc4F)n3)C2)c1. The monoisotopic (exact) mass is 403 g/mol. The Balaban J connectivity index is 1.60. The van der Waals surface area contributed by atoms with Gasteiger partial charge in [0.05, 0.1) is 36.7 Å². The van der Waals surface area contributed by atoms with Gasteiger partial charge in [0.2, 0.25) is 0 Å². The predicted octanol–water partition coefficient (Wildman–Crippen LogP) is 1.78. The first-order valence-electron chi connectivity index (χ1n) is 8.62. The molecular formula is C18H18FN5O3S. The molecule has 0 saturated carbocycles. The van der Waals surface area contributed by atoms with Crippen LogP contribution in [0.1, 0.15) is 11.8 Å². The quantitative estimate of drug-likeness (QED) is 0.660. The highest BCUT2D eigenvalue weighted by atomic mass is 32.2. The molecule has 0 N–H and O–H groups in total. The van der Waals surface area contributed by atoms with E-state index in [1.807, 2.05) is 0 Å². The van der Waals surface area contributed by atoms with E-state index in [2.05, 4.69) is 15.0 Å². The molecule has 1 saturated heterocycles. The molecule has 0 amide bonds. The Morgan fingerprint density at radius 1 is 1.25 bits per heavy atom. The molecule has 1 atom stereocenters. The van der Waals surface area contributed by atoms with Gasteiger partial charge in [-0.15, -0.1) is 0 Å². The Bertz CT molecular complexity index is 1100. The molecule has 10 heteroatoms. The van der Waals surface area contributed by atoms with Gasteiger partial charge in [-0.3, -0.25) is 4.98 Å². The number of hydrogen-bond donors (Lipinski definition) is 0. The molecular weight excluding hydrogens is 385 g/mol. The van der Waals surface area contributed by atoms with E-state index in [-0.39, 0.29) is 24.7 Å². The standard InChI is InChI=1S/C18H18FN5O3S/c1-23-11-18(21-12-23)28(25,26)24-6-7-27-17(10-24)16-9-20-8-15(22-16)13-4-2-3-5-14(13)19/h2-5,8-9,11-12,17H,6-7,10H2,1H3/t17-/m1/s1. The Morgan fingerprint density at radius 2 is 2.07 bits per heavy atom. The molecule has 0 unspecified atom stereocenters. The van der Waals surface area contributed by atoms with Gasteiger partial charge in [0, 0.05) is 31.9 Å². The van der Waals surface area contributed by atoms with Crippen LogP contribution in [0.5, 0.6) is 0 Å². The molecule has 4 rings (SSSR count). The zero-order chi connectivity index (χ0) is 19.7. The van der Waals surface area contributed by atoms with Crippen molar-refractivity contribution in [3.63, 3.8) is 0 Å². The highest BCUT2D eigenvalue weighted by molar-refractivity contribution is 7.89. The number of benzene rings is 1. The van der Waals surface area contributed by atoms with Crippen molar-refractivity contribution >= 4 is 10.0 Å². The molecule has 0 radical (unpaired) electrons. The van der Waals surface area contributed by atoms with E-state index in [4.69, 9.17) is 4.74 Å². The molecule has 0 spiro atoms. The maximum atomic E-state index is 14.1. The summed E-state index contributed by atoms with van der Waals surface area (Å²) in [7, 11) is -2.03. The molecule has 1 fully saturated rings. The van der Waals surface area contributed by atoms with Gasteiger partial charge in [0.15, 0.2) is 5.03 Å². The molecule has 1 aliphatic heterocycles. The molecule has 8 nitrogen and oxygen atoms in total. The predicted molar refractivity (Wildman–Crippen MR) is 98.1 cm³/mol. The van der Waals surface area contributed by atoms with Gasteiger partial charge < -0.3 is 9.30 Å². The van der Waals surface area contributed by atoms with E-state index in [0.717, 1.165) is 0 Å². The number of sulfonamides is 1. The van der Waals surface area contributed by atoms with Gasteiger partial charge in [0.1, 0.15) is 11.9 Å². The van der Waals surface area contributed by atoms with Gasteiger partial charge >= 0.3 is 0 Å². The molecule has 3 heterocycles. The van der Waals surface area contributed by atoms with Crippen molar-refractivity contribution in [3.05, 3.63) is 60.7 Å². The maximum Gasteiger partial charge on any atom is 0.262 e. The maximum absolute atomic E-state index is 14.1. The zero-order valence-corrected chi connectivity index (χ0v) is 15.9. The highest BCUT2D eigenvalue weighted by Gasteiger charge is 2.33. The first kappa shape index (κ1) is 18.7. The van der Waals surface area contributed by atoms with E-state index >= 15 is 0 Å². The normalized spacial score (nSPS) is 18.3. The average molecular weight is 403 g/mol. The van der Waals surface area contributed by atoms with Crippen LogP contribution in [0.15, 0.2) is 54.2 Å². The second kappa shape index (κ2) is 7.38. The van der Waals surface area contributed by atoms with Crippen molar-refractivity contribution in [2.75, 3.05) is 19.7 Å². The van der Waals surface area contributed by atoms with Crippen molar-refractivity contribution < 1.29 is 17.5 Å². The molecule has 3 aromatic rings. The molecule has 1 aromatic carbocycles. The summed E-state index contributed by atoms with van der Waals surface area (Å²) in [6, 6.07) is 6.27. The first-order chi connectivity index (χ1) is 13.4. The van der Waals surface area contributed by atoms with E-state index < -0.39 is 21.9 Å². The first-order valence-corrected chi connectivity index (χ1v) is 10.1. The van der Waals surface area contributed by atoms with Crippen LogP contribution in [0.4, 0.5) is 4.39 Å². The van der Waals surface area contributed by atoms with E-state index in [9.17, 15) is 12.8 Å². The summed E-state index contributed by atoms with van der Waals surface area (Å²) in [6.45, 7) is 0.506. The van der Waals surface area contributed by atoms with Crippen LogP contribution >= 0.6 is 0 Å². The summed E-state index contributed by atoms with van der Waals surface area (Å²) in [5, 5.41) is -0.0122. The summed E-state index contributed by atoms with van der Waals surface area (Å²) >= 11 is 0. The molecule has 1 aliphatic rings. The Morgan fingerprint density at radius 3 is 2.82 bits per heavy atom. The van der Waals surface area contributed by atoms with E-state index in [1.54, 1.807) is 29.8 Å². The summed E-state index contributed by atoms with van der Waals surface area (Å²) in [4.78, 5) is 12.5. The van der Waals surface area contributed by atoms with Crippen molar-refractivity contribution in [2.24, 2.45) is 7.05 Å². The lowest BCUT2D eigenvalue weighted by atomic mass is 10.1. The van der Waals surface area contributed by atoms with Gasteiger partial charge in [-0.1, -0.05) is 12.1 Å². The number of aromatic nitrogens is 4. The fourth-order valence-corrected chi connectivity index (χ4v) is 4.40. The van der Waals surface area contributed by atoms with E-state index in [1.165, 1.54) is 35.3 Å². The lowest BCUT2D eigenvalue weighted by molar-refractivity contribution is -0.00514. The number of ether oxygens (including phenoxy) is 1. The minimum atomic E-state index is -3.74. The molecule has 0 aliphatic carbocycles. The summed E-state index contributed by atoms with van der Waals surface area (Å²) in [5.74, 6) is -0.405. The van der Waals surface area contributed by atoms with E-state index in [0.29, 0.717) is 17.0 Å². The second-order valence-corrected chi connectivity index (χ2v) is 8.29. The topological polar surface area (TPSA) is 90.2 Å². The van der Waals surface area contributed by atoms with Crippen LogP contribution < -0.4 is 0 Å². The molecule has 28 heavy (non-hydrogen) atoms. The Kier molecular flexibility index (Phi) is 4.92. The van der Waals surface area contributed by atoms with Gasteiger partial charge in [-0.2, -0.15) is 4.31 Å². The minimum Gasteiger partial charge on any atom is -0.369 e. The third kappa shape index (κ3) is 3.53. The van der Waals surface area contributed by atoms with Crippen molar-refractivity contribution in [1.29, 1.82) is 0 Å². The minimum absolute atomic E-state index is 0.0122. The van der Waals surface area contributed by atoms with Gasteiger partial charge in [-0.05, 0) is 12.1 Å². The van der Waals surface area contributed by atoms with Crippen molar-refractivity contribution in [2.45, 2.75) is 11.1 Å². The van der Waals surface area contributed by atoms with Crippen molar-refractivity contribution in [1.82, 2.24) is 23.8 Å². The number of aryl methyl sites for hydroxylation is 1. The number of rotatable bonds is 4. The zero-order valence-electron chi connectivity index (χ0n) is 15.1. The number of halogens is 1. The smallest absolute Gasteiger partial charge is 0.262 e. The van der Waals surface area contributed by atoms with Crippen LogP contribution in [-0.4, -0.2) is 51.9 Å².